The van der Waals surface area contributed by atoms with Crippen LogP contribution in [0.1, 0.15) is 20.8 Å². The van der Waals surface area contributed by atoms with E-state index < -0.39 is 38.7 Å². The summed E-state index contributed by atoms with van der Waals surface area (Å²) in [4.78, 5) is 16.7. The van der Waals surface area contributed by atoms with Gasteiger partial charge in [-0.15, -0.1) is 0 Å². The number of nitrogens with zero attached hydrogens (tertiary/aromatic N) is 2. The molecule has 1 amide bonds. The molecule has 2 heterocycles. The number of nitrogen functional groups attached to an aromatic ring is 1. The zero-order valence-electron chi connectivity index (χ0n) is 17.2. The van der Waals surface area contributed by atoms with Gasteiger partial charge in [0.2, 0.25) is 0 Å². The third-order valence-corrected chi connectivity index (χ3v) is 10.2. The van der Waals surface area contributed by atoms with Crippen LogP contribution in [-0.4, -0.2) is 55.9 Å². The topological polar surface area (TPSA) is 101 Å². The van der Waals surface area contributed by atoms with Crippen LogP contribution in [0, 0.1) is 5.92 Å². The second-order valence-electron chi connectivity index (χ2n) is 8.89. The molecule has 1 aliphatic rings. The number of anilines is 2. The monoisotopic (exact) mass is 434 g/mol. The molecule has 29 heavy (non-hydrogen) atoms. The van der Waals surface area contributed by atoms with Crippen molar-refractivity contribution in [3.8, 4) is 0 Å². The average Bonchev–Trinajstić information content (AvgIpc) is 2.54. The lowest BCUT2D eigenvalue weighted by atomic mass is 9.89. The Labute approximate surface area is 169 Å². The minimum atomic E-state index is -4.58. The molecule has 0 bridgehead atoms. The number of nitrogens with one attached hydrogen (secondary N) is 1. The summed E-state index contributed by atoms with van der Waals surface area (Å²) in [6, 6.07) is 0.449. The Balaban J connectivity index is 2.46. The molecule has 0 radical (unpaired) electrons. The van der Waals surface area contributed by atoms with Gasteiger partial charge in [0.1, 0.15) is 0 Å². The number of carbonyl (C=O) groups is 1. The molecule has 7 nitrogen and oxygen atoms in total. The zero-order valence-corrected chi connectivity index (χ0v) is 18.2. The highest BCUT2D eigenvalue weighted by atomic mass is 28.4. The van der Waals surface area contributed by atoms with Crippen molar-refractivity contribution in [3.05, 3.63) is 18.5 Å². The van der Waals surface area contributed by atoms with E-state index >= 15 is 0 Å². The van der Waals surface area contributed by atoms with Gasteiger partial charge in [0.25, 0.3) is 0 Å². The van der Waals surface area contributed by atoms with Gasteiger partial charge in [-0.2, -0.15) is 13.2 Å². The van der Waals surface area contributed by atoms with Gasteiger partial charge in [0.05, 0.1) is 35.6 Å². The molecule has 0 spiro atoms. The summed E-state index contributed by atoms with van der Waals surface area (Å²) in [5, 5.41) is 11.2. The molecule has 0 aliphatic carbocycles. The SMILES string of the molecule is CC(C)(C)[Si](C)(C)O[C@@H]1[C@H](NC(=O)O)CN(c2ccncc2N)C[C@@H]1C(F)(F)F. The smallest absolute Gasteiger partial charge is 0.405 e. The Kier molecular flexibility index (Phi) is 6.43. The maximum absolute atomic E-state index is 14.1. The molecule has 1 fully saturated rings. The number of aromatic nitrogens is 1. The van der Waals surface area contributed by atoms with E-state index in [4.69, 9.17) is 10.2 Å². The molecule has 2 rings (SSSR count). The summed E-state index contributed by atoms with van der Waals surface area (Å²) in [5.74, 6) is -1.88. The van der Waals surface area contributed by atoms with Crippen molar-refractivity contribution in [2.45, 2.75) is 57.2 Å². The highest BCUT2D eigenvalue weighted by Gasteiger charge is 2.54. The molecular weight excluding hydrogens is 405 g/mol. The third-order valence-electron chi connectivity index (χ3n) is 5.76. The van der Waals surface area contributed by atoms with Crippen LogP contribution in [0.3, 0.4) is 0 Å². The van der Waals surface area contributed by atoms with E-state index in [0.29, 0.717) is 5.69 Å². The Morgan fingerprint density at radius 1 is 1.34 bits per heavy atom. The lowest BCUT2D eigenvalue weighted by Crippen LogP contribution is -2.65. The van der Waals surface area contributed by atoms with Gasteiger partial charge in [-0.25, -0.2) is 4.79 Å². The molecule has 3 atom stereocenters. The number of amides is 1. The van der Waals surface area contributed by atoms with Crippen LogP contribution >= 0.6 is 0 Å². The third kappa shape index (κ3) is 5.33. The highest BCUT2D eigenvalue weighted by molar-refractivity contribution is 6.74. The Bertz CT molecular complexity index is 740. The quantitative estimate of drug-likeness (QED) is 0.625. The predicted molar refractivity (Wildman–Crippen MR) is 107 cm³/mol. The van der Waals surface area contributed by atoms with Gasteiger partial charge in [-0.05, 0) is 24.2 Å². The summed E-state index contributed by atoms with van der Waals surface area (Å²) in [6.45, 7) is 9.11. The normalized spacial score (nSPS) is 23.7. The number of carboxylic acid groups (broad SMARTS) is 1. The maximum Gasteiger partial charge on any atom is 0.405 e. The molecular formula is C18H29F3N4O3Si. The number of rotatable bonds is 4. The molecule has 11 heteroatoms. The van der Waals surface area contributed by atoms with Crippen LogP contribution in [0.25, 0.3) is 0 Å². The summed E-state index contributed by atoms with van der Waals surface area (Å²) >= 11 is 0. The number of hydrogen-bond donors (Lipinski definition) is 3. The standard InChI is InChI=1S/C18H29F3N4O3Si/c1-17(2,3)29(4,5)28-15-11(18(19,20)21)9-25(10-13(15)24-16(26)27)14-6-7-23-8-12(14)22/h6-8,11,13,15,24H,9-10,22H2,1-5H3,(H,26,27)/t11-,13+,15-/m0/s1. The summed E-state index contributed by atoms with van der Waals surface area (Å²) in [7, 11) is -2.60. The van der Waals surface area contributed by atoms with Crippen LogP contribution in [0.15, 0.2) is 18.5 Å². The van der Waals surface area contributed by atoms with Crippen molar-refractivity contribution < 1.29 is 27.5 Å². The van der Waals surface area contributed by atoms with Crippen molar-refractivity contribution in [2.75, 3.05) is 23.7 Å². The lowest BCUT2D eigenvalue weighted by Gasteiger charge is -2.49. The molecule has 0 unspecified atom stereocenters. The number of pyridine rings is 1. The first kappa shape index (κ1) is 23.3. The number of piperidine rings is 1. The summed E-state index contributed by atoms with van der Waals surface area (Å²) < 4.78 is 48.3. The largest absolute Gasteiger partial charge is 0.465 e. The van der Waals surface area contributed by atoms with Gasteiger partial charge in [-0.1, -0.05) is 20.8 Å². The molecule has 0 aromatic carbocycles. The number of nitrogens with two attached hydrogens (primary N) is 1. The van der Waals surface area contributed by atoms with E-state index in [2.05, 4.69) is 10.3 Å². The van der Waals surface area contributed by atoms with E-state index in [-0.39, 0.29) is 23.8 Å². The predicted octanol–water partition coefficient (Wildman–Crippen LogP) is 3.69. The van der Waals surface area contributed by atoms with Crippen molar-refractivity contribution >= 4 is 25.8 Å². The first-order valence-corrected chi connectivity index (χ1v) is 12.2. The van der Waals surface area contributed by atoms with Crippen molar-refractivity contribution in [1.29, 1.82) is 0 Å². The molecule has 1 saturated heterocycles. The fourth-order valence-electron chi connectivity index (χ4n) is 3.18. The fourth-order valence-corrected chi connectivity index (χ4v) is 4.54. The minimum Gasteiger partial charge on any atom is -0.465 e. The van der Waals surface area contributed by atoms with Gasteiger partial charge < -0.3 is 25.5 Å². The van der Waals surface area contributed by atoms with Crippen LogP contribution in [0.4, 0.5) is 29.3 Å². The van der Waals surface area contributed by atoms with Gasteiger partial charge in [0, 0.05) is 19.3 Å². The van der Waals surface area contributed by atoms with Crippen molar-refractivity contribution in [2.24, 2.45) is 5.92 Å². The molecule has 1 aromatic rings. The van der Waals surface area contributed by atoms with E-state index in [0.717, 1.165) is 0 Å². The Hall–Kier alpha value is -2.01. The molecule has 0 saturated carbocycles. The van der Waals surface area contributed by atoms with Crippen molar-refractivity contribution in [1.82, 2.24) is 10.3 Å². The lowest BCUT2D eigenvalue weighted by molar-refractivity contribution is -0.201. The van der Waals surface area contributed by atoms with Crippen molar-refractivity contribution in [3.63, 3.8) is 0 Å². The number of hydrogen-bond acceptors (Lipinski definition) is 5. The van der Waals surface area contributed by atoms with Crippen LogP contribution < -0.4 is 16.0 Å². The van der Waals surface area contributed by atoms with E-state index in [1.165, 1.54) is 23.4 Å². The maximum atomic E-state index is 14.1. The number of alkyl halides is 3. The second-order valence-corrected chi connectivity index (χ2v) is 13.6. The van der Waals surface area contributed by atoms with Crippen LogP contribution in [0.5, 0.6) is 0 Å². The molecule has 4 N–H and O–H groups in total. The highest BCUT2D eigenvalue weighted by Crippen LogP contribution is 2.43. The average molecular weight is 435 g/mol. The van der Waals surface area contributed by atoms with Gasteiger partial charge in [-0.3, -0.25) is 4.98 Å². The first-order valence-electron chi connectivity index (χ1n) is 9.32. The Morgan fingerprint density at radius 2 is 1.97 bits per heavy atom. The van der Waals surface area contributed by atoms with Crippen LogP contribution in [0.2, 0.25) is 18.1 Å². The number of halogens is 3. The van der Waals surface area contributed by atoms with Gasteiger partial charge >= 0.3 is 12.3 Å². The first-order chi connectivity index (χ1) is 13.1. The zero-order chi connectivity index (χ0) is 22.2. The molecule has 1 aromatic heterocycles. The molecule has 164 valence electrons. The summed E-state index contributed by atoms with van der Waals surface area (Å²) in [6.07, 6.45) is -4.51. The van der Waals surface area contributed by atoms with E-state index in [9.17, 15) is 23.1 Å². The Morgan fingerprint density at radius 3 is 2.45 bits per heavy atom. The van der Waals surface area contributed by atoms with E-state index in [1.54, 1.807) is 0 Å². The van der Waals surface area contributed by atoms with Crippen LogP contribution in [-0.2, 0) is 4.43 Å². The second kappa shape index (κ2) is 8.02. The van der Waals surface area contributed by atoms with E-state index in [1.807, 2.05) is 33.9 Å². The molecule has 1 aliphatic heterocycles. The fraction of sp³-hybridized carbons (Fsp3) is 0.667. The van der Waals surface area contributed by atoms with Gasteiger partial charge in [0.15, 0.2) is 8.32 Å². The minimum absolute atomic E-state index is 0.00633. The summed E-state index contributed by atoms with van der Waals surface area (Å²) in [5.41, 5.74) is 6.51.